The minimum atomic E-state index is -0.440. The molecule has 0 aliphatic carbocycles. The highest BCUT2D eigenvalue weighted by molar-refractivity contribution is 5.96. The molecule has 2 heterocycles. The van der Waals surface area contributed by atoms with E-state index in [1.54, 1.807) is 16.8 Å². The van der Waals surface area contributed by atoms with E-state index >= 15 is 0 Å². The van der Waals surface area contributed by atoms with E-state index in [1.165, 1.54) is 6.20 Å². The molecule has 1 aromatic heterocycles. The fraction of sp³-hybridized carbons (Fsp3) is 0.571. The van der Waals surface area contributed by atoms with Crippen LogP contribution in [-0.4, -0.2) is 57.8 Å². The van der Waals surface area contributed by atoms with Crippen LogP contribution in [0.5, 0.6) is 0 Å². The normalized spacial score (nSPS) is 19.0. The SMILES string of the molecule is CCCC[C@H]1C(=O)N(C)CCN1C(=O)c1c[nH]c(=O)cn1. The molecule has 7 heteroatoms. The van der Waals surface area contributed by atoms with E-state index in [9.17, 15) is 14.4 Å². The fourth-order valence-corrected chi connectivity index (χ4v) is 2.44. The van der Waals surface area contributed by atoms with Gasteiger partial charge in [-0.15, -0.1) is 0 Å². The van der Waals surface area contributed by atoms with Gasteiger partial charge in [0.2, 0.25) is 5.91 Å². The molecule has 1 aliphatic heterocycles. The van der Waals surface area contributed by atoms with E-state index in [0.29, 0.717) is 19.5 Å². The second-order valence-electron chi connectivity index (χ2n) is 5.21. The van der Waals surface area contributed by atoms with Crippen LogP contribution in [0.2, 0.25) is 0 Å². The molecular weight excluding hydrogens is 272 g/mol. The van der Waals surface area contributed by atoms with Crippen LogP contribution >= 0.6 is 0 Å². The third-order valence-corrected chi connectivity index (χ3v) is 3.70. The molecule has 0 spiro atoms. The number of aromatic nitrogens is 2. The molecular formula is C14H20N4O3. The molecule has 1 atom stereocenters. The molecule has 1 saturated heterocycles. The summed E-state index contributed by atoms with van der Waals surface area (Å²) in [6.07, 6.45) is 4.87. The number of piperazine rings is 1. The zero-order valence-corrected chi connectivity index (χ0v) is 12.3. The van der Waals surface area contributed by atoms with Crippen molar-refractivity contribution in [3.8, 4) is 0 Å². The van der Waals surface area contributed by atoms with Crippen molar-refractivity contribution in [3.05, 3.63) is 28.4 Å². The lowest BCUT2D eigenvalue weighted by Gasteiger charge is -2.39. The van der Waals surface area contributed by atoms with Gasteiger partial charge in [0.1, 0.15) is 11.7 Å². The number of hydrogen-bond acceptors (Lipinski definition) is 4. The number of H-pyrrole nitrogens is 1. The first-order chi connectivity index (χ1) is 10.0. The first-order valence-electron chi connectivity index (χ1n) is 7.15. The second-order valence-corrected chi connectivity index (χ2v) is 5.21. The number of likely N-dealkylation sites (N-methyl/N-ethyl adjacent to an activating group) is 1. The van der Waals surface area contributed by atoms with Gasteiger partial charge in [0, 0.05) is 26.3 Å². The largest absolute Gasteiger partial charge is 0.342 e. The molecule has 2 amide bonds. The maximum Gasteiger partial charge on any atom is 0.274 e. The predicted molar refractivity (Wildman–Crippen MR) is 76.8 cm³/mol. The van der Waals surface area contributed by atoms with Crippen LogP contribution in [0.15, 0.2) is 17.2 Å². The number of nitrogens with one attached hydrogen (secondary N) is 1. The topological polar surface area (TPSA) is 86.4 Å². The Kier molecular flexibility index (Phi) is 4.72. The summed E-state index contributed by atoms with van der Waals surface area (Å²) >= 11 is 0. The van der Waals surface area contributed by atoms with Crippen LogP contribution < -0.4 is 5.56 Å². The molecule has 1 aliphatic rings. The molecule has 2 rings (SSSR count). The Labute approximate surface area is 123 Å². The van der Waals surface area contributed by atoms with Gasteiger partial charge in [-0.05, 0) is 6.42 Å². The van der Waals surface area contributed by atoms with Crippen molar-refractivity contribution in [1.82, 2.24) is 19.8 Å². The van der Waals surface area contributed by atoms with E-state index in [-0.39, 0.29) is 23.1 Å². The Bertz CT molecular complexity index is 563. The fourth-order valence-electron chi connectivity index (χ4n) is 2.44. The van der Waals surface area contributed by atoms with Gasteiger partial charge in [-0.25, -0.2) is 4.98 Å². The standard InChI is InChI=1S/C14H20N4O3/c1-3-4-5-11-14(21)17(2)6-7-18(11)13(20)10-8-16-12(19)9-15-10/h8-9,11H,3-7H2,1-2H3,(H,16,19)/t11-/m0/s1. The average Bonchev–Trinajstić information content (AvgIpc) is 2.49. The van der Waals surface area contributed by atoms with Crippen LogP contribution in [0.3, 0.4) is 0 Å². The predicted octanol–water partition coefficient (Wildman–Crippen LogP) is 0.243. The number of carbonyl (C=O) groups excluding carboxylic acids is 2. The number of rotatable bonds is 4. The van der Waals surface area contributed by atoms with E-state index in [2.05, 4.69) is 9.97 Å². The van der Waals surface area contributed by atoms with Gasteiger partial charge >= 0.3 is 0 Å². The van der Waals surface area contributed by atoms with Crippen molar-refractivity contribution in [2.24, 2.45) is 0 Å². The highest BCUT2D eigenvalue weighted by Gasteiger charge is 2.36. The highest BCUT2D eigenvalue weighted by Crippen LogP contribution is 2.18. The van der Waals surface area contributed by atoms with Crippen molar-refractivity contribution >= 4 is 11.8 Å². The molecule has 7 nitrogen and oxygen atoms in total. The molecule has 0 radical (unpaired) electrons. The zero-order valence-electron chi connectivity index (χ0n) is 12.3. The molecule has 0 saturated carbocycles. The Balaban J connectivity index is 2.21. The summed E-state index contributed by atoms with van der Waals surface area (Å²) in [4.78, 5) is 45.3. The third-order valence-electron chi connectivity index (χ3n) is 3.70. The number of unbranched alkanes of at least 4 members (excludes halogenated alkanes) is 1. The monoisotopic (exact) mass is 292 g/mol. The van der Waals surface area contributed by atoms with E-state index < -0.39 is 6.04 Å². The number of carbonyl (C=O) groups is 2. The summed E-state index contributed by atoms with van der Waals surface area (Å²) in [7, 11) is 1.75. The lowest BCUT2D eigenvalue weighted by molar-refractivity contribution is -0.138. The maximum atomic E-state index is 12.5. The van der Waals surface area contributed by atoms with Gasteiger partial charge in [-0.2, -0.15) is 0 Å². The van der Waals surface area contributed by atoms with Gasteiger partial charge in [0.15, 0.2) is 0 Å². The summed E-state index contributed by atoms with van der Waals surface area (Å²) in [5.41, 5.74) is -0.197. The van der Waals surface area contributed by atoms with Crippen molar-refractivity contribution < 1.29 is 9.59 Å². The first kappa shape index (κ1) is 15.2. The molecule has 0 bridgehead atoms. The van der Waals surface area contributed by atoms with Crippen LogP contribution in [-0.2, 0) is 4.79 Å². The summed E-state index contributed by atoms with van der Waals surface area (Å²) in [5.74, 6) is -0.346. The molecule has 114 valence electrons. The zero-order chi connectivity index (χ0) is 15.4. The van der Waals surface area contributed by atoms with E-state index in [4.69, 9.17) is 0 Å². The van der Waals surface area contributed by atoms with Gasteiger partial charge in [0.05, 0.1) is 6.20 Å². The molecule has 21 heavy (non-hydrogen) atoms. The van der Waals surface area contributed by atoms with E-state index in [1.807, 2.05) is 6.92 Å². The van der Waals surface area contributed by atoms with Crippen molar-refractivity contribution in [1.29, 1.82) is 0 Å². The Hall–Kier alpha value is -2.18. The van der Waals surface area contributed by atoms with Gasteiger partial charge in [0.25, 0.3) is 11.5 Å². The van der Waals surface area contributed by atoms with Crippen molar-refractivity contribution in [2.75, 3.05) is 20.1 Å². The number of aromatic amines is 1. The van der Waals surface area contributed by atoms with Crippen molar-refractivity contribution in [3.63, 3.8) is 0 Å². The molecule has 0 aromatic carbocycles. The summed E-state index contributed by atoms with van der Waals surface area (Å²) < 4.78 is 0. The Morgan fingerprint density at radius 2 is 2.19 bits per heavy atom. The Morgan fingerprint density at radius 3 is 2.81 bits per heavy atom. The third kappa shape index (κ3) is 3.29. The lowest BCUT2D eigenvalue weighted by Crippen LogP contribution is -2.57. The molecule has 0 unspecified atom stereocenters. The van der Waals surface area contributed by atoms with Crippen LogP contribution in [0, 0.1) is 0 Å². The molecule has 1 aromatic rings. The quantitative estimate of drug-likeness (QED) is 0.861. The minimum Gasteiger partial charge on any atom is -0.342 e. The average molecular weight is 292 g/mol. The van der Waals surface area contributed by atoms with Crippen LogP contribution in [0.1, 0.15) is 36.7 Å². The smallest absolute Gasteiger partial charge is 0.274 e. The van der Waals surface area contributed by atoms with Gasteiger partial charge in [-0.1, -0.05) is 19.8 Å². The van der Waals surface area contributed by atoms with Gasteiger partial charge < -0.3 is 14.8 Å². The van der Waals surface area contributed by atoms with Gasteiger partial charge in [-0.3, -0.25) is 14.4 Å². The minimum absolute atomic E-state index is 0.0347. The van der Waals surface area contributed by atoms with Crippen LogP contribution in [0.4, 0.5) is 0 Å². The summed E-state index contributed by atoms with van der Waals surface area (Å²) in [6.45, 7) is 3.04. The summed E-state index contributed by atoms with van der Waals surface area (Å²) in [5, 5.41) is 0. The number of hydrogen-bond donors (Lipinski definition) is 1. The summed E-state index contributed by atoms with van der Waals surface area (Å²) in [6, 6.07) is -0.440. The molecule has 1 N–H and O–H groups in total. The Morgan fingerprint density at radius 1 is 1.43 bits per heavy atom. The van der Waals surface area contributed by atoms with Crippen LogP contribution in [0.25, 0.3) is 0 Å². The number of amides is 2. The molecule has 1 fully saturated rings. The first-order valence-corrected chi connectivity index (χ1v) is 7.15. The van der Waals surface area contributed by atoms with Crippen molar-refractivity contribution in [2.45, 2.75) is 32.2 Å². The lowest BCUT2D eigenvalue weighted by atomic mass is 10.0. The highest BCUT2D eigenvalue weighted by atomic mass is 16.2. The number of nitrogens with zero attached hydrogens (tertiary/aromatic N) is 3. The van der Waals surface area contributed by atoms with E-state index in [0.717, 1.165) is 19.0 Å². The second kappa shape index (κ2) is 6.51. The maximum absolute atomic E-state index is 12.5.